The summed E-state index contributed by atoms with van der Waals surface area (Å²) in [7, 11) is 0. The molecule has 2 aromatic heterocycles. The molecule has 0 atom stereocenters. The summed E-state index contributed by atoms with van der Waals surface area (Å²) in [6.45, 7) is 2.55. The molecule has 19 heavy (non-hydrogen) atoms. The summed E-state index contributed by atoms with van der Waals surface area (Å²) in [5, 5.41) is 3.05. The van der Waals surface area contributed by atoms with Crippen molar-refractivity contribution in [2.24, 2.45) is 0 Å². The molecule has 3 N–H and O–H groups in total. The van der Waals surface area contributed by atoms with Crippen LogP contribution in [0.4, 0.5) is 11.5 Å². The predicted molar refractivity (Wildman–Crippen MR) is 70.6 cm³/mol. The molecule has 100 valence electrons. The molecule has 0 aliphatic carbocycles. The third kappa shape index (κ3) is 3.25. The van der Waals surface area contributed by atoms with Crippen molar-refractivity contribution in [2.75, 3.05) is 17.7 Å². The van der Waals surface area contributed by atoms with Gasteiger partial charge in [0.1, 0.15) is 11.4 Å². The highest BCUT2D eigenvalue weighted by Crippen LogP contribution is 2.17. The van der Waals surface area contributed by atoms with Crippen LogP contribution in [-0.4, -0.2) is 17.6 Å². The highest BCUT2D eigenvalue weighted by Gasteiger charge is 2.14. The van der Waals surface area contributed by atoms with E-state index in [0.29, 0.717) is 30.2 Å². The summed E-state index contributed by atoms with van der Waals surface area (Å²) in [4.78, 5) is 15.9. The summed E-state index contributed by atoms with van der Waals surface area (Å²) >= 11 is 0. The van der Waals surface area contributed by atoms with Crippen LogP contribution in [0.15, 0.2) is 35.3 Å². The van der Waals surface area contributed by atoms with E-state index >= 15 is 0 Å². The second kappa shape index (κ2) is 5.90. The topological polar surface area (TPSA) is 90.4 Å². The van der Waals surface area contributed by atoms with Crippen LogP contribution >= 0.6 is 0 Å². The van der Waals surface area contributed by atoms with Gasteiger partial charge in [0.05, 0.1) is 31.0 Å². The van der Waals surface area contributed by atoms with Crippen molar-refractivity contribution >= 4 is 17.5 Å². The van der Waals surface area contributed by atoms with Crippen molar-refractivity contribution in [1.29, 1.82) is 0 Å². The van der Waals surface area contributed by atoms with Crippen molar-refractivity contribution in [3.8, 4) is 0 Å². The number of nitrogens with two attached hydrogens (primary N) is 1. The quantitative estimate of drug-likeness (QED) is 0.800. The van der Waals surface area contributed by atoms with Gasteiger partial charge in [-0.1, -0.05) is 0 Å². The SMILES string of the molecule is CCOC(=O)c1cc(N)cnc1NCc1ccoc1. The van der Waals surface area contributed by atoms with Crippen LogP contribution < -0.4 is 11.1 Å². The van der Waals surface area contributed by atoms with Gasteiger partial charge in [-0.25, -0.2) is 9.78 Å². The highest BCUT2D eigenvalue weighted by atomic mass is 16.5. The lowest BCUT2D eigenvalue weighted by Crippen LogP contribution is -2.12. The third-order valence-electron chi connectivity index (χ3n) is 2.44. The smallest absolute Gasteiger partial charge is 0.341 e. The lowest BCUT2D eigenvalue weighted by Gasteiger charge is -2.10. The van der Waals surface area contributed by atoms with E-state index in [4.69, 9.17) is 14.9 Å². The maximum Gasteiger partial charge on any atom is 0.341 e. The van der Waals surface area contributed by atoms with Gasteiger partial charge in [0.15, 0.2) is 0 Å². The first kappa shape index (κ1) is 12.9. The Morgan fingerprint density at radius 2 is 2.42 bits per heavy atom. The van der Waals surface area contributed by atoms with Crippen LogP contribution in [0.1, 0.15) is 22.8 Å². The number of aromatic nitrogens is 1. The number of hydrogen-bond donors (Lipinski definition) is 2. The first-order valence-corrected chi connectivity index (χ1v) is 5.88. The minimum Gasteiger partial charge on any atom is -0.472 e. The number of nitrogen functional groups attached to an aromatic ring is 1. The molecular formula is C13H15N3O3. The Kier molecular flexibility index (Phi) is 4.02. The second-order valence-corrected chi connectivity index (χ2v) is 3.87. The molecule has 2 aromatic rings. The van der Waals surface area contributed by atoms with Gasteiger partial charge >= 0.3 is 5.97 Å². The van der Waals surface area contributed by atoms with Crippen LogP contribution in [0.2, 0.25) is 0 Å². The standard InChI is InChI=1S/C13H15N3O3/c1-2-19-13(17)11-5-10(14)7-16-12(11)15-6-9-3-4-18-8-9/h3-5,7-8H,2,6,14H2,1H3,(H,15,16). The largest absolute Gasteiger partial charge is 0.472 e. The van der Waals surface area contributed by atoms with E-state index in [1.54, 1.807) is 25.5 Å². The van der Waals surface area contributed by atoms with E-state index in [-0.39, 0.29) is 0 Å². The molecule has 0 saturated heterocycles. The molecule has 0 amide bonds. The van der Waals surface area contributed by atoms with E-state index in [1.165, 1.54) is 6.20 Å². The first-order chi connectivity index (χ1) is 9.20. The third-order valence-corrected chi connectivity index (χ3v) is 2.44. The Hall–Kier alpha value is -2.50. The highest BCUT2D eigenvalue weighted by molar-refractivity contribution is 5.95. The Morgan fingerprint density at radius 3 is 3.11 bits per heavy atom. The fourth-order valence-electron chi connectivity index (χ4n) is 1.57. The zero-order valence-corrected chi connectivity index (χ0v) is 10.6. The normalized spacial score (nSPS) is 10.2. The average Bonchev–Trinajstić information content (AvgIpc) is 2.90. The number of rotatable bonds is 5. The summed E-state index contributed by atoms with van der Waals surface area (Å²) in [5.74, 6) is -0.00848. The zero-order valence-electron chi connectivity index (χ0n) is 10.6. The number of ether oxygens (including phenoxy) is 1. The van der Waals surface area contributed by atoms with E-state index in [2.05, 4.69) is 10.3 Å². The molecule has 2 heterocycles. The number of esters is 1. The van der Waals surface area contributed by atoms with Gasteiger partial charge in [-0.05, 0) is 19.1 Å². The monoisotopic (exact) mass is 261 g/mol. The Balaban J connectivity index is 2.16. The minimum absolute atomic E-state index is 0.300. The summed E-state index contributed by atoms with van der Waals surface area (Å²) < 4.78 is 9.93. The van der Waals surface area contributed by atoms with Gasteiger partial charge < -0.3 is 20.2 Å². The molecule has 2 rings (SSSR count). The molecule has 0 fully saturated rings. The van der Waals surface area contributed by atoms with Gasteiger partial charge in [-0.3, -0.25) is 0 Å². The van der Waals surface area contributed by atoms with E-state index in [1.807, 2.05) is 6.07 Å². The number of anilines is 2. The molecule has 6 nitrogen and oxygen atoms in total. The summed E-state index contributed by atoms with van der Waals surface area (Å²) in [6.07, 6.45) is 4.69. The molecule has 0 aliphatic heterocycles. The summed E-state index contributed by atoms with van der Waals surface area (Å²) in [6, 6.07) is 3.37. The molecule has 0 bridgehead atoms. The van der Waals surface area contributed by atoms with Crippen LogP contribution in [-0.2, 0) is 11.3 Å². The van der Waals surface area contributed by atoms with E-state index < -0.39 is 5.97 Å². The molecule has 0 radical (unpaired) electrons. The van der Waals surface area contributed by atoms with Crippen LogP contribution in [0.25, 0.3) is 0 Å². The minimum atomic E-state index is -0.447. The maximum atomic E-state index is 11.8. The Morgan fingerprint density at radius 1 is 1.58 bits per heavy atom. The zero-order chi connectivity index (χ0) is 13.7. The van der Waals surface area contributed by atoms with E-state index in [9.17, 15) is 4.79 Å². The van der Waals surface area contributed by atoms with Gasteiger partial charge in [-0.15, -0.1) is 0 Å². The first-order valence-electron chi connectivity index (χ1n) is 5.88. The maximum absolute atomic E-state index is 11.8. The van der Waals surface area contributed by atoms with Gasteiger partial charge in [0.2, 0.25) is 0 Å². The predicted octanol–water partition coefficient (Wildman–Crippen LogP) is 2.05. The van der Waals surface area contributed by atoms with Crippen LogP contribution in [0, 0.1) is 0 Å². The molecule has 0 spiro atoms. The van der Waals surface area contributed by atoms with Crippen molar-refractivity contribution in [1.82, 2.24) is 4.98 Å². The number of nitrogens with zero attached hydrogens (tertiary/aromatic N) is 1. The van der Waals surface area contributed by atoms with Crippen molar-refractivity contribution in [2.45, 2.75) is 13.5 Å². The molecule has 0 aromatic carbocycles. The van der Waals surface area contributed by atoms with Crippen molar-refractivity contribution < 1.29 is 13.9 Å². The molecular weight excluding hydrogens is 246 g/mol. The van der Waals surface area contributed by atoms with E-state index in [0.717, 1.165) is 5.56 Å². The van der Waals surface area contributed by atoms with Crippen molar-refractivity contribution in [3.63, 3.8) is 0 Å². The van der Waals surface area contributed by atoms with Crippen LogP contribution in [0.3, 0.4) is 0 Å². The van der Waals surface area contributed by atoms with Gasteiger partial charge in [0.25, 0.3) is 0 Å². The number of hydrogen-bond acceptors (Lipinski definition) is 6. The number of nitrogens with one attached hydrogen (secondary N) is 1. The number of carbonyl (C=O) groups excluding carboxylic acids is 1. The fourth-order valence-corrected chi connectivity index (χ4v) is 1.57. The summed E-state index contributed by atoms with van der Waals surface area (Å²) in [5.41, 5.74) is 7.33. The second-order valence-electron chi connectivity index (χ2n) is 3.87. The molecule has 0 aliphatic rings. The van der Waals surface area contributed by atoms with Gasteiger partial charge in [-0.2, -0.15) is 0 Å². The lowest BCUT2D eigenvalue weighted by molar-refractivity contribution is 0.0527. The number of carbonyl (C=O) groups is 1. The Labute approximate surface area is 110 Å². The Bertz CT molecular complexity index is 552. The molecule has 0 saturated carbocycles. The number of furan rings is 1. The average molecular weight is 261 g/mol. The number of pyridine rings is 1. The fraction of sp³-hybridized carbons (Fsp3) is 0.231. The van der Waals surface area contributed by atoms with Crippen molar-refractivity contribution in [3.05, 3.63) is 42.0 Å². The van der Waals surface area contributed by atoms with Gasteiger partial charge in [0, 0.05) is 12.1 Å². The molecule has 6 heteroatoms. The van der Waals surface area contributed by atoms with Crippen LogP contribution in [0.5, 0.6) is 0 Å². The lowest BCUT2D eigenvalue weighted by atomic mass is 10.2. The molecule has 0 unspecified atom stereocenters.